The number of amides is 1. The first-order chi connectivity index (χ1) is 11.7. The van der Waals surface area contributed by atoms with E-state index in [4.69, 9.17) is 0 Å². The van der Waals surface area contributed by atoms with E-state index in [0.717, 1.165) is 44.2 Å². The van der Waals surface area contributed by atoms with Crippen LogP contribution in [0.15, 0.2) is 48.7 Å². The van der Waals surface area contributed by atoms with Crippen molar-refractivity contribution in [1.82, 2.24) is 14.8 Å². The van der Waals surface area contributed by atoms with Crippen molar-refractivity contribution in [2.24, 2.45) is 5.92 Å². The van der Waals surface area contributed by atoms with Gasteiger partial charge in [0.15, 0.2) is 0 Å². The Hall–Kier alpha value is -2.20. The molecule has 124 valence electrons. The van der Waals surface area contributed by atoms with Crippen LogP contribution in [0.3, 0.4) is 0 Å². The van der Waals surface area contributed by atoms with E-state index in [0.29, 0.717) is 11.6 Å². The minimum atomic E-state index is 0.118. The number of hydrogen-bond acceptors (Lipinski definition) is 3. The molecule has 4 rings (SSSR count). The van der Waals surface area contributed by atoms with Gasteiger partial charge in [-0.2, -0.15) is 0 Å². The Kier molecular flexibility index (Phi) is 4.07. The summed E-state index contributed by atoms with van der Waals surface area (Å²) < 4.78 is 0. The van der Waals surface area contributed by atoms with Gasteiger partial charge in [-0.05, 0) is 37.0 Å². The maximum Gasteiger partial charge on any atom is 0.255 e. The van der Waals surface area contributed by atoms with Crippen LogP contribution in [0.2, 0.25) is 0 Å². The standard InChI is InChI=1S/C20H23N3O/c1-15-7-8-17(11-21-15)20(24)22-10-9-18-13-23(19(18)14-22)12-16-5-3-2-4-6-16/h2-8,11,18-19H,9-10,12-14H2,1H3/t18-,19-/m1/s1. The van der Waals surface area contributed by atoms with Gasteiger partial charge in [-0.15, -0.1) is 0 Å². The number of piperidine rings is 1. The Labute approximate surface area is 143 Å². The molecule has 0 aliphatic carbocycles. The lowest BCUT2D eigenvalue weighted by atomic mass is 9.82. The van der Waals surface area contributed by atoms with Crippen LogP contribution in [0.5, 0.6) is 0 Å². The Morgan fingerprint density at radius 1 is 1.17 bits per heavy atom. The van der Waals surface area contributed by atoms with E-state index in [1.807, 2.05) is 24.0 Å². The van der Waals surface area contributed by atoms with Gasteiger partial charge in [0.2, 0.25) is 0 Å². The van der Waals surface area contributed by atoms with E-state index in [2.05, 4.69) is 40.2 Å². The van der Waals surface area contributed by atoms with E-state index in [1.54, 1.807) is 6.20 Å². The minimum absolute atomic E-state index is 0.118. The third kappa shape index (κ3) is 2.94. The number of fused-ring (bicyclic) bond motifs is 1. The molecule has 0 unspecified atom stereocenters. The molecule has 0 radical (unpaired) electrons. The monoisotopic (exact) mass is 321 g/mol. The van der Waals surface area contributed by atoms with Gasteiger partial charge < -0.3 is 4.90 Å². The number of likely N-dealkylation sites (tertiary alicyclic amines) is 2. The van der Waals surface area contributed by atoms with Crippen molar-refractivity contribution >= 4 is 5.91 Å². The smallest absolute Gasteiger partial charge is 0.255 e. The second-order valence-electron chi connectivity index (χ2n) is 6.97. The zero-order valence-corrected chi connectivity index (χ0v) is 14.1. The molecule has 0 N–H and O–H groups in total. The van der Waals surface area contributed by atoms with Crippen molar-refractivity contribution in [2.45, 2.75) is 25.9 Å². The SMILES string of the molecule is Cc1ccc(C(=O)N2CC[C@@H]3CN(Cc4ccccc4)[C@@H]3C2)cn1. The lowest BCUT2D eigenvalue weighted by molar-refractivity contribution is -0.0427. The summed E-state index contributed by atoms with van der Waals surface area (Å²) in [6.07, 6.45) is 2.81. The average Bonchev–Trinajstić information content (AvgIpc) is 2.61. The fraction of sp³-hybridized carbons (Fsp3) is 0.400. The van der Waals surface area contributed by atoms with Crippen molar-refractivity contribution in [3.05, 3.63) is 65.5 Å². The molecule has 3 heterocycles. The number of aromatic nitrogens is 1. The minimum Gasteiger partial charge on any atom is -0.337 e. The van der Waals surface area contributed by atoms with Gasteiger partial charge in [0.1, 0.15) is 0 Å². The zero-order chi connectivity index (χ0) is 16.5. The van der Waals surface area contributed by atoms with Crippen LogP contribution < -0.4 is 0 Å². The van der Waals surface area contributed by atoms with Gasteiger partial charge in [0, 0.05) is 44.1 Å². The lowest BCUT2D eigenvalue weighted by Crippen LogP contribution is -2.64. The average molecular weight is 321 g/mol. The first-order valence-corrected chi connectivity index (χ1v) is 8.70. The number of aryl methyl sites for hydroxylation is 1. The Morgan fingerprint density at radius 2 is 2.00 bits per heavy atom. The molecule has 24 heavy (non-hydrogen) atoms. The molecule has 2 aliphatic heterocycles. The van der Waals surface area contributed by atoms with Crippen molar-refractivity contribution < 1.29 is 4.79 Å². The molecule has 2 fully saturated rings. The lowest BCUT2D eigenvalue weighted by Gasteiger charge is -2.53. The van der Waals surface area contributed by atoms with E-state index in [9.17, 15) is 4.79 Å². The van der Waals surface area contributed by atoms with Crippen LogP contribution in [0, 0.1) is 12.8 Å². The van der Waals surface area contributed by atoms with Crippen LogP contribution >= 0.6 is 0 Å². The Balaban J connectivity index is 1.41. The van der Waals surface area contributed by atoms with Crippen LogP contribution in [-0.2, 0) is 6.54 Å². The summed E-state index contributed by atoms with van der Waals surface area (Å²) in [5.74, 6) is 0.862. The number of rotatable bonds is 3. The highest BCUT2D eigenvalue weighted by Crippen LogP contribution is 2.34. The molecular formula is C20H23N3O. The molecule has 4 nitrogen and oxygen atoms in total. The maximum atomic E-state index is 12.7. The maximum absolute atomic E-state index is 12.7. The molecular weight excluding hydrogens is 298 g/mol. The summed E-state index contributed by atoms with van der Waals surface area (Å²) in [6.45, 7) is 5.79. The van der Waals surface area contributed by atoms with Crippen LogP contribution in [0.4, 0.5) is 0 Å². The van der Waals surface area contributed by atoms with Gasteiger partial charge in [0.05, 0.1) is 5.56 Å². The largest absolute Gasteiger partial charge is 0.337 e. The molecule has 2 aromatic rings. The first kappa shape index (κ1) is 15.3. The highest BCUT2D eigenvalue weighted by atomic mass is 16.2. The number of carbonyl (C=O) groups is 1. The number of hydrogen-bond donors (Lipinski definition) is 0. The van der Waals surface area contributed by atoms with Crippen LogP contribution in [-0.4, -0.2) is 46.4 Å². The number of nitrogens with zero attached hydrogens (tertiary/aromatic N) is 3. The topological polar surface area (TPSA) is 36.4 Å². The Morgan fingerprint density at radius 3 is 2.75 bits per heavy atom. The molecule has 2 saturated heterocycles. The summed E-state index contributed by atoms with van der Waals surface area (Å²) >= 11 is 0. The van der Waals surface area contributed by atoms with E-state index in [-0.39, 0.29) is 5.91 Å². The molecule has 1 aromatic carbocycles. The third-order valence-electron chi connectivity index (χ3n) is 5.33. The van der Waals surface area contributed by atoms with E-state index >= 15 is 0 Å². The quantitative estimate of drug-likeness (QED) is 0.872. The molecule has 0 saturated carbocycles. The van der Waals surface area contributed by atoms with Crippen molar-refractivity contribution in [3.63, 3.8) is 0 Å². The van der Waals surface area contributed by atoms with Crippen molar-refractivity contribution in [2.75, 3.05) is 19.6 Å². The molecule has 2 aliphatic rings. The van der Waals surface area contributed by atoms with Gasteiger partial charge in [0.25, 0.3) is 5.91 Å². The zero-order valence-electron chi connectivity index (χ0n) is 14.1. The van der Waals surface area contributed by atoms with Gasteiger partial charge in [-0.3, -0.25) is 14.7 Å². The fourth-order valence-corrected chi connectivity index (χ4v) is 3.87. The molecule has 0 spiro atoms. The highest BCUT2D eigenvalue weighted by Gasteiger charge is 2.43. The van der Waals surface area contributed by atoms with Gasteiger partial charge in [-0.25, -0.2) is 0 Å². The summed E-state index contributed by atoms with van der Waals surface area (Å²) in [6, 6.07) is 14.9. The van der Waals surface area contributed by atoms with Gasteiger partial charge in [-0.1, -0.05) is 30.3 Å². The molecule has 2 atom stereocenters. The normalized spacial score (nSPS) is 23.5. The number of pyridine rings is 1. The van der Waals surface area contributed by atoms with E-state index < -0.39 is 0 Å². The number of benzene rings is 1. The molecule has 1 amide bonds. The third-order valence-corrected chi connectivity index (χ3v) is 5.33. The fourth-order valence-electron chi connectivity index (χ4n) is 3.87. The van der Waals surface area contributed by atoms with Crippen molar-refractivity contribution in [1.29, 1.82) is 0 Å². The van der Waals surface area contributed by atoms with Gasteiger partial charge >= 0.3 is 0 Å². The second kappa shape index (κ2) is 6.36. The number of carbonyl (C=O) groups excluding carboxylic acids is 1. The van der Waals surface area contributed by atoms with E-state index in [1.165, 1.54) is 5.56 Å². The molecule has 1 aromatic heterocycles. The summed E-state index contributed by atoms with van der Waals surface area (Å²) in [4.78, 5) is 21.5. The Bertz CT molecular complexity index is 713. The molecule has 0 bridgehead atoms. The predicted molar refractivity (Wildman–Crippen MR) is 93.6 cm³/mol. The molecule has 4 heteroatoms. The van der Waals surface area contributed by atoms with Crippen LogP contribution in [0.1, 0.15) is 28.0 Å². The van der Waals surface area contributed by atoms with Crippen molar-refractivity contribution in [3.8, 4) is 0 Å². The summed E-state index contributed by atoms with van der Waals surface area (Å²) in [5, 5.41) is 0. The van der Waals surface area contributed by atoms with Crippen LogP contribution in [0.25, 0.3) is 0 Å². The second-order valence-corrected chi connectivity index (χ2v) is 6.97. The summed E-state index contributed by atoms with van der Waals surface area (Å²) in [7, 11) is 0. The summed E-state index contributed by atoms with van der Waals surface area (Å²) in [5.41, 5.74) is 2.99. The predicted octanol–water partition coefficient (Wildman–Crippen LogP) is 2.74. The highest BCUT2D eigenvalue weighted by molar-refractivity contribution is 5.94. The first-order valence-electron chi connectivity index (χ1n) is 8.70.